The number of piperidine rings is 1. The van der Waals surface area contributed by atoms with E-state index in [4.69, 9.17) is 4.98 Å². The molecule has 0 bridgehead atoms. The predicted molar refractivity (Wildman–Crippen MR) is 96.6 cm³/mol. The standard InChI is InChI=1S/C18H21BrN4O/c1-22-5-2-3-12(10-22)18(24)23-6-4-16-14(11-23)7-13-8-15(19)9-20-17(13)21-16/h7-9,12H,2-6,10-11H2,1H3. The van der Waals surface area contributed by atoms with E-state index in [-0.39, 0.29) is 5.92 Å². The van der Waals surface area contributed by atoms with Crippen LogP contribution in [0.4, 0.5) is 0 Å². The molecule has 1 fully saturated rings. The third kappa shape index (κ3) is 3.05. The van der Waals surface area contributed by atoms with E-state index in [1.807, 2.05) is 11.0 Å². The fourth-order valence-corrected chi connectivity index (χ4v) is 4.16. The van der Waals surface area contributed by atoms with E-state index in [2.05, 4.69) is 38.9 Å². The van der Waals surface area contributed by atoms with Gasteiger partial charge in [0.25, 0.3) is 0 Å². The minimum atomic E-state index is 0.148. The second kappa shape index (κ2) is 6.41. The molecule has 0 saturated carbocycles. The first-order valence-corrected chi connectivity index (χ1v) is 9.31. The maximum absolute atomic E-state index is 12.9. The van der Waals surface area contributed by atoms with Gasteiger partial charge in [0, 0.05) is 47.8 Å². The van der Waals surface area contributed by atoms with Crippen LogP contribution in [0.5, 0.6) is 0 Å². The highest BCUT2D eigenvalue weighted by molar-refractivity contribution is 9.10. The van der Waals surface area contributed by atoms with Crippen molar-refractivity contribution in [2.75, 3.05) is 26.7 Å². The van der Waals surface area contributed by atoms with Gasteiger partial charge in [-0.05, 0) is 60.1 Å². The zero-order chi connectivity index (χ0) is 16.7. The van der Waals surface area contributed by atoms with Crippen molar-refractivity contribution < 1.29 is 4.79 Å². The monoisotopic (exact) mass is 388 g/mol. The number of rotatable bonds is 1. The summed E-state index contributed by atoms with van der Waals surface area (Å²) in [5.41, 5.74) is 3.03. The molecule has 0 aromatic carbocycles. The Morgan fingerprint density at radius 3 is 3.04 bits per heavy atom. The van der Waals surface area contributed by atoms with Crippen LogP contribution >= 0.6 is 15.9 Å². The van der Waals surface area contributed by atoms with Crippen LogP contribution in [0.3, 0.4) is 0 Å². The van der Waals surface area contributed by atoms with Crippen molar-refractivity contribution in [3.05, 3.63) is 34.1 Å². The molecule has 2 aliphatic heterocycles. The molecule has 126 valence electrons. The van der Waals surface area contributed by atoms with Gasteiger partial charge in [0.15, 0.2) is 5.65 Å². The molecule has 24 heavy (non-hydrogen) atoms. The van der Waals surface area contributed by atoms with Gasteiger partial charge < -0.3 is 9.80 Å². The highest BCUT2D eigenvalue weighted by Crippen LogP contribution is 2.26. The molecular weight excluding hydrogens is 368 g/mol. The molecule has 5 nitrogen and oxygen atoms in total. The highest BCUT2D eigenvalue weighted by Gasteiger charge is 2.30. The fourth-order valence-electron chi connectivity index (χ4n) is 3.81. The summed E-state index contributed by atoms with van der Waals surface area (Å²) in [4.78, 5) is 26.2. The minimum absolute atomic E-state index is 0.148. The van der Waals surface area contributed by atoms with Gasteiger partial charge in [0.05, 0.1) is 5.92 Å². The van der Waals surface area contributed by atoms with Crippen molar-refractivity contribution in [2.24, 2.45) is 5.92 Å². The first kappa shape index (κ1) is 16.0. The molecule has 0 N–H and O–H groups in total. The summed E-state index contributed by atoms with van der Waals surface area (Å²) in [7, 11) is 2.10. The molecule has 1 unspecified atom stereocenters. The SMILES string of the molecule is CN1CCCC(C(=O)N2CCc3nc4ncc(Br)cc4cc3C2)C1. The predicted octanol–water partition coefficient (Wildman–Crippen LogP) is 2.62. The highest BCUT2D eigenvalue weighted by atomic mass is 79.9. The van der Waals surface area contributed by atoms with E-state index >= 15 is 0 Å². The van der Waals surface area contributed by atoms with Crippen molar-refractivity contribution in [1.82, 2.24) is 19.8 Å². The van der Waals surface area contributed by atoms with Gasteiger partial charge in [-0.2, -0.15) is 0 Å². The Morgan fingerprint density at radius 2 is 2.21 bits per heavy atom. The largest absolute Gasteiger partial charge is 0.338 e. The van der Waals surface area contributed by atoms with Gasteiger partial charge in [-0.3, -0.25) is 4.79 Å². The number of hydrogen-bond donors (Lipinski definition) is 0. The summed E-state index contributed by atoms with van der Waals surface area (Å²) < 4.78 is 0.950. The average Bonchev–Trinajstić information content (AvgIpc) is 2.59. The summed E-state index contributed by atoms with van der Waals surface area (Å²) in [6, 6.07) is 4.17. The first-order valence-electron chi connectivity index (χ1n) is 8.51. The molecule has 2 aliphatic rings. The zero-order valence-electron chi connectivity index (χ0n) is 13.8. The zero-order valence-corrected chi connectivity index (χ0v) is 15.4. The van der Waals surface area contributed by atoms with Crippen LogP contribution in [-0.4, -0.2) is 52.4 Å². The normalized spacial score (nSPS) is 21.8. The van der Waals surface area contributed by atoms with Crippen LogP contribution in [0.2, 0.25) is 0 Å². The van der Waals surface area contributed by atoms with Gasteiger partial charge in [-0.1, -0.05) is 0 Å². The van der Waals surface area contributed by atoms with Crippen molar-refractivity contribution in [3.63, 3.8) is 0 Å². The number of aromatic nitrogens is 2. The van der Waals surface area contributed by atoms with E-state index in [0.717, 1.165) is 65.7 Å². The van der Waals surface area contributed by atoms with E-state index in [1.165, 1.54) is 0 Å². The first-order chi connectivity index (χ1) is 11.6. The second-order valence-corrected chi connectivity index (χ2v) is 7.82. The molecule has 0 spiro atoms. The summed E-state index contributed by atoms with van der Waals surface area (Å²) in [6.07, 6.45) is 4.72. The number of fused-ring (bicyclic) bond motifs is 2. The van der Waals surface area contributed by atoms with Gasteiger partial charge in [-0.25, -0.2) is 9.97 Å². The van der Waals surface area contributed by atoms with Crippen LogP contribution in [0, 0.1) is 5.92 Å². The lowest BCUT2D eigenvalue weighted by Gasteiger charge is -2.35. The van der Waals surface area contributed by atoms with Crippen molar-refractivity contribution >= 4 is 32.9 Å². The Morgan fingerprint density at radius 1 is 1.33 bits per heavy atom. The molecule has 1 amide bonds. The number of amides is 1. The number of likely N-dealkylation sites (tertiary alicyclic amines) is 1. The summed E-state index contributed by atoms with van der Waals surface area (Å²) in [6.45, 7) is 3.42. The van der Waals surface area contributed by atoms with E-state index < -0.39 is 0 Å². The number of hydrogen-bond acceptors (Lipinski definition) is 4. The van der Waals surface area contributed by atoms with E-state index in [9.17, 15) is 4.79 Å². The lowest BCUT2D eigenvalue weighted by atomic mass is 9.95. The third-order valence-corrected chi connectivity index (χ3v) is 5.50. The number of pyridine rings is 2. The maximum Gasteiger partial charge on any atom is 0.227 e. The number of halogens is 1. The molecule has 6 heteroatoms. The molecule has 2 aromatic rings. The van der Waals surface area contributed by atoms with Crippen molar-refractivity contribution in [2.45, 2.75) is 25.8 Å². The van der Waals surface area contributed by atoms with Gasteiger partial charge in [0.2, 0.25) is 5.91 Å². The van der Waals surface area contributed by atoms with Crippen molar-refractivity contribution in [3.8, 4) is 0 Å². The topological polar surface area (TPSA) is 49.3 Å². The summed E-state index contributed by atoms with van der Waals surface area (Å²) >= 11 is 3.46. The minimum Gasteiger partial charge on any atom is -0.338 e. The van der Waals surface area contributed by atoms with Gasteiger partial charge in [0.1, 0.15) is 0 Å². The Bertz CT molecular complexity index is 794. The van der Waals surface area contributed by atoms with Crippen LogP contribution in [-0.2, 0) is 17.8 Å². The average molecular weight is 389 g/mol. The summed E-state index contributed by atoms with van der Waals surface area (Å²) in [5.74, 6) is 0.453. The Hall–Kier alpha value is -1.53. The molecule has 0 aliphatic carbocycles. The molecular formula is C18H21BrN4O. The van der Waals surface area contributed by atoms with Crippen LogP contribution in [0.15, 0.2) is 22.8 Å². The van der Waals surface area contributed by atoms with Gasteiger partial charge in [-0.15, -0.1) is 0 Å². The molecule has 0 radical (unpaired) electrons. The number of carbonyl (C=O) groups is 1. The van der Waals surface area contributed by atoms with Crippen molar-refractivity contribution in [1.29, 1.82) is 0 Å². The van der Waals surface area contributed by atoms with Crippen LogP contribution in [0.25, 0.3) is 11.0 Å². The maximum atomic E-state index is 12.9. The molecule has 2 aromatic heterocycles. The number of carbonyl (C=O) groups excluding carboxylic acids is 1. The van der Waals surface area contributed by atoms with Crippen LogP contribution < -0.4 is 0 Å². The molecule has 4 heterocycles. The van der Waals surface area contributed by atoms with E-state index in [1.54, 1.807) is 6.20 Å². The Kier molecular flexibility index (Phi) is 4.26. The molecule has 4 rings (SSSR count). The lowest BCUT2D eigenvalue weighted by molar-refractivity contribution is -0.138. The quantitative estimate of drug-likeness (QED) is 0.753. The lowest BCUT2D eigenvalue weighted by Crippen LogP contribution is -2.45. The Labute approximate surface area is 150 Å². The third-order valence-electron chi connectivity index (χ3n) is 5.07. The van der Waals surface area contributed by atoms with Crippen LogP contribution in [0.1, 0.15) is 24.1 Å². The summed E-state index contributed by atoms with van der Waals surface area (Å²) in [5, 5.41) is 1.02. The smallest absolute Gasteiger partial charge is 0.227 e. The second-order valence-electron chi connectivity index (χ2n) is 6.91. The van der Waals surface area contributed by atoms with E-state index in [0.29, 0.717) is 12.5 Å². The Balaban J connectivity index is 1.57. The molecule has 1 atom stereocenters. The molecule has 1 saturated heterocycles. The number of nitrogens with zero attached hydrogens (tertiary/aromatic N) is 4. The fraction of sp³-hybridized carbons (Fsp3) is 0.500. The van der Waals surface area contributed by atoms with Gasteiger partial charge >= 0.3 is 0 Å².